The molecular weight excluding hydrogens is 185 g/mol. The first-order valence-electron chi connectivity index (χ1n) is 3.29. The third kappa shape index (κ3) is 12.7. The summed E-state index contributed by atoms with van der Waals surface area (Å²) in [7, 11) is -1.48. The minimum atomic E-state index is -3.13. The van der Waals surface area contributed by atoms with Gasteiger partial charge in [-0.1, -0.05) is 0 Å². The van der Waals surface area contributed by atoms with Gasteiger partial charge in [-0.25, -0.2) is 0 Å². The standard InChI is InChI=1S/C5H13NO2.H3O3P/c1-4(7)6(3)5(2)8;1-4(2)3/h4-5,7-8H,1-3H3;4H,(H2,1,2,3). The normalized spacial score (nSPS) is 15.4. The minimum Gasteiger partial charge on any atom is -0.379 e. The Bertz CT molecular complexity index is 117. The van der Waals surface area contributed by atoms with Gasteiger partial charge in [0.25, 0.3) is 0 Å². The molecule has 76 valence electrons. The largest absolute Gasteiger partial charge is 0.379 e. The quantitative estimate of drug-likeness (QED) is 0.336. The number of rotatable bonds is 2. The van der Waals surface area contributed by atoms with E-state index in [9.17, 15) is 0 Å². The maximum absolute atomic E-state index is 8.76. The maximum Gasteiger partial charge on any atom is 0.314 e. The monoisotopic (exact) mass is 201 g/mol. The molecule has 0 saturated heterocycles. The highest BCUT2D eigenvalue weighted by Gasteiger charge is 2.08. The predicted octanol–water partition coefficient (Wildman–Crippen LogP) is -1.04. The van der Waals surface area contributed by atoms with Crippen molar-refractivity contribution in [3.63, 3.8) is 0 Å². The van der Waals surface area contributed by atoms with Crippen LogP contribution in [0.1, 0.15) is 13.8 Å². The molecule has 0 saturated carbocycles. The zero-order valence-electron chi connectivity index (χ0n) is 7.30. The average Bonchev–Trinajstić information content (AvgIpc) is 1.84. The Labute approximate surface area is 72.0 Å². The summed E-state index contributed by atoms with van der Waals surface area (Å²) in [5, 5.41) is 17.5. The van der Waals surface area contributed by atoms with Gasteiger partial charge in [0.2, 0.25) is 0 Å². The molecule has 0 aromatic heterocycles. The first-order chi connectivity index (χ1) is 5.29. The lowest BCUT2D eigenvalue weighted by Gasteiger charge is -2.22. The van der Waals surface area contributed by atoms with Crippen molar-refractivity contribution in [1.82, 2.24) is 4.90 Å². The molecule has 12 heavy (non-hydrogen) atoms. The van der Waals surface area contributed by atoms with Gasteiger partial charge in [-0.05, 0) is 20.9 Å². The van der Waals surface area contributed by atoms with Crippen LogP contribution in [0.2, 0.25) is 0 Å². The smallest absolute Gasteiger partial charge is 0.314 e. The summed E-state index contributed by atoms with van der Waals surface area (Å²) in [6.45, 7) is 3.21. The molecule has 0 radical (unpaired) electrons. The number of nitrogens with zero attached hydrogens (tertiary/aromatic N) is 1. The third-order valence-electron chi connectivity index (χ3n) is 1.18. The zero-order valence-corrected chi connectivity index (χ0v) is 8.30. The summed E-state index contributed by atoms with van der Waals surface area (Å²) >= 11 is 0. The van der Waals surface area contributed by atoms with Crippen LogP contribution < -0.4 is 0 Å². The van der Waals surface area contributed by atoms with Crippen LogP contribution in [-0.2, 0) is 4.57 Å². The predicted molar refractivity (Wildman–Crippen MR) is 44.6 cm³/mol. The molecule has 4 N–H and O–H groups in total. The molecule has 0 heterocycles. The van der Waals surface area contributed by atoms with E-state index in [4.69, 9.17) is 24.6 Å². The molecule has 0 rings (SSSR count). The molecule has 0 aliphatic heterocycles. The van der Waals surface area contributed by atoms with Crippen molar-refractivity contribution in [1.29, 1.82) is 0 Å². The molecule has 2 atom stereocenters. The molecule has 0 aromatic carbocycles. The Morgan fingerprint density at radius 1 is 1.17 bits per heavy atom. The van der Waals surface area contributed by atoms with E-state index in [1.54, 1.807) is 20.9 Å². The van der Waals surface area contributed by atoms with E-state index >= 15 is 0 Å². The first kappa shape index (κ1) is 14.5. The van der Waals surface area contributed by atoms with Gasteiger partial charge in [0.15, 0.2) is 0 Å². The van der Waals surface area contributed by atoms with Gasteiger partial charge >= 0.3 is 8.25 Å². The van der Waals surface area contributed by atoms with Crippen molar-refractivity contribution in [2.24, 2.45) is 0 Å². The van der Waals surface area contributed by atoms with Crippen LogP contribution in [0.3, 0.4) is 0 Å². The van der Waals surface area contributed by atoms with Crippen LogP contribution in [0, 0.1) is 0 Å². The summed E-state index contributed by atoms with van der Waals surface area (Å²) in [6, 6.07) is 0. The fraction of sp³-hybridized carbons (Fsp3) is 1.00. The fourth-order valence-corrected chi connectivity index (χ4v) is 0.312. The summed E-state index contributed by atoms with van der Waals surface area (Å²) in [4.78, 5) is 15.8. The second-order valence-corrected chi connectivity index (χ2v) is 2.78. The summed E-state index contributed by atoms with van der Waals surface area (Å²) in [6.07, 6.45) is -1.15. The molecule has 0 aliphatic carbocycles. The van der Waals surface area contributed by atoms with E-state index in [1.165, 1.54) is 4.90 Å². The molecule has 6 nitrogen and oxygen atoms in total. The lowest BCUT2D eigenvalue weighted by Crippen LogP contribution is -2.36. The topological polar surface area (TPSA) is 101 Å². The molecule has 0 aromatic rings. The Balaban J connectivity index is 0. The van der Waals surface area contributed by atoms with Gasteiger partial charge in [0.05, 0.1) is 0 Å². The van der Waals surface area contributed by atoms with Crippen molar-refractivity contribution in [2.75, 3.05) is 7.05 Å². The summed E-state index contributed by atoms with van der Waals surface area (Å²) in [5.74, 6) is 0. The highest BCUT2D eigenvalue weighted by Crippen LogP contribution is 1.98. The molecule has 7 heteroatoms. The van der Waals surface area contributed by atoms with Gasteiger partial charge in [0.1, 0.15) is 12.5 Å². The number of hydrogen-bond acceptors (Lipinski definition) is 4. The first-order valence-corrected chi connectivity index (χ1v) is 4.59. The van der Waals surface area contributed by atoms with E-state index in [-0.39, 0.29) is 0 Å². The van der Waals surface area contributed by atoms with Gasteiger partial charge < -0.3 is 20.0 Å². The Morgan fingerprint density at radius 2 is 1.33 bits per heavy atom. The molecule has 0 fully saturated rings. The fourth-order valence-electron chi connectivity index (χ4n) is 0.312. The van der Waals surface area contributed by atoms with E-state index in [1.807, 2.05) is 0 Å². The lowest BCUT2D eigenvalue weighted by atomic mass is 10.5. The molecule has 0 bridgehead atoms. The summed E-state index contributed by atoms with van der Waals surface area (Å²) in [5.41, 5.74) is 0. The lowest BCUT2D eigenvalue weighted by molar-refractivity contribution is -0.0665. The van der Waals surface area contributed by atoms with E-state index < -0.39 is 20.7 Å². The second-order valence-electron chi connectivity index (χ2n) is 2.21. The van der Waals surface area contributed by atoms with Crippen LogP contribution in [0.25, 0.3) is 0 Å². The highest BCUT2D eigenvalue weighted by atomic mass is 31.1. The number of aliphatic hydroxyl groups is 2. The van der Waals surface area contributed by atoms with Crippen LogP contribution in [0.4, 0.5) is 0 Å². The van der Waals surface area contributed by atoms with Gasteiger partial charge in [-0.3, -0.25) is 9.46 Å². The number of hydrogen-bond donors (Lipinski definition) is 4. The van der Waals surface area contributed by atoms with Crippen molar-refractivity contribution in [3.05, 3.63) is 0 Å². The molecule has 0 aliphatic rings. The minimum absolute atomic E-state index is 0.574. The molecule has 0 spiro atoms. The SMILES string of the molecule is CC(O)N(C)C(C)O.O=[PH](O)O. The van der Waals surface area contributed by atoms with Gasteiger partial charge in [-0.15, -0.1) is 0 Å². The Morgan fingerprint density at radius 3 is 1.33 bits per heavy atom. The van der Waals surface area contributed by atoms with Crippen LogP contribution in [0.15, 0.2) is 0 Å². The van der Waals surface area contributed by atoms with E-state index in [0.29, 0.717) is 0 Å². The van der Waals surface area contributed by atoms with E-state index in [2.05, 4.69) is 0 Å². The molecule has 0 amide bonds. The maximum atomic E-state index is 8.76. The van der Waals surface area contributed by atoms with Crippen LogP contribution in [0.5, 0.6) is 0 Å². The second kappa shape index (κ2) is 7.67. The van der Waals surface area contributed by atoms with E-state index in [0.717, 1.165) is 0 Å². The Kier molecular flexibility index (Phi) is 9.30. The summed E-state index contributed by atoms with van der Waals surface area (Å²) < 4.78 is 8.74. The number of aliphatic hydroxyl groups excluding tert-OH is 2. The van der Waals surface area contributed by atoms with Crippen molar-refractivity contribution in [3.8, 4) is 0 Å². The van der Waals surface area contributed by atoms with Gasteiger partial charge in [-0.2, -0.15) is 0 Å². The van der Waals surface area contributed by atoms with Gasteiger partial charge in [0, 0.05) is 0 Å². The zero-order chi connectivity index (χ0) is 10.3. The third-order valence-corrected chi connectivity index (χ3v) is 1.18. The Hall–Kier alpha value is 0.0300. The molecular formula is C5H16NO5P. The molecule has 2 unspecified atom stereocenters. The average molecular weight is 201 g/mol. The van der Waals surface area contributed by atoms with Crippen molar-refractivity contribution in [2.45, 2.75) is 26.3 Å². The van der Waals surface area contributed by atoms with Crippen molar-refractivity contribution >= 4 is 8.25 Å². The highest BCUT2D eigenvalue weighted by molar-refractivity contribution is 7.30. The van der Waals surface area contributed by atoms with Crippen molar-refractivity contribution < 1.29 is 24.6 Å². The van der Waals surface area contributed by atoms with Crippen LogP contribution >= 0.6 is 8.25 Å². The van der Waals surface area contributed by atoms with Crippen LogP contribution in [-0.4, -0.2) is 44.4 Å².